The summed E-state index contributed by atoms with van der Waals surface area (Å²) in [5.74, 6) is 0.563. The van der Waals surface area contributed by atoms with Gasteiger partial charge in [-0.1, -0.05) is 0 Å². The second-order valence-electron chi connectivity index (χ2n) is 6.70. The van der Waals surface area contributed by atoms with E-state index in [4.69, 9.17) is 0 Å². The average molecular weight is 345 g/mol. The van der Waals surface area contributed by atoms with E-state index in [9.17, 15) is 9.18 Å². The number of nitrogens with zero attached hydrogens (tertiary/aromatic N) is 7. The zero-order valence-electron chi connectivity index (χ0n) is 14.0. The molecule has 0 bridgehead atoms. The van der Waals surface area contributed by atoms with Crippen molar-refractivity contribution in [1.29, 1.82) is 0 Å². The van der Waals surface area contributed by atoms with Crippen molar-refractivity contribution in [3.63, 3.8) is 0 Å². The van der Waals surface area contributed by atoms with Crippen LogP contribution in [0.2, 0.25) is 0 Å². The van der Waals surface area contributed by atoms with Crippen LogP contribution >= 0.6 is 0 Å². The highest BCUT2D eigenvalue weighted by Gasteiger charge is 2.45. The number of aromatic nitrogens is 5. The third-order valence-electron chi connectivity index (χ3n) is 5.14. The first kappa shape index (κ1) is 15.9. The summed E-state index contributed by atoms with van der Waals surface area (Å²) in [6, 6.07) is 0.339. The van der Waals surface area contributed by atoms with Crippen LogP contribution in [0.3, 0.4) is 0 Å². The number of hydrogen-bond donors (Lipinski definition) is 0. The van der Waals surface area contributed by atoms with Crippen LogP contribution in [-0.4, -0.2) is 60.7 Å². The molecule has 0 spiro atoms. The van der Waals surface area contributed by atoms with Crippen molar-refractivity contribution in [1.82, 2.24) is 29.6 Å². The Morgan fingerprint density at radius 1 is 1.36 bits per heavy atom. The lowest BCUT2D eigenvalue weighted by Gasteiger charge is -2.38. The minimum Gasteiger partial charge on any atom is -0.340 e. The van der Waals surface area contributed by atoms with Gasteiger partial charge in [0.05, 0.1) is 25.0 Å². The maximum Gasteiger partial charge on any atom is 0.225 e. The van der Waals surface area contributed by atoms with Crippen LogP contribution in [0.15, 0.2) is 25.0 Å². The maximum atomic E-state index is 13.0. The van der Waals surface area contributed by atoms with E-state index in [1.54, 1.807) is 17.9 Å². The summed E-state index contributed by atoms with van der Waals surface area (Å²) < 4.78 is 14.8. The molecule has 2 aromatic rings. The molecule has 0 N–H and O–H groups in total. The number of piperidine rings is 1. The molecule has 0 aromatic carbocycles. The van der Waals surface area contributed by atoms with Gasteiger partial charge in [0.1, 0.15) is 12.7 Å². The summed E-state index contributed by atoms with van der Waals surface area (Å²) in [5, 5.41) is 4.16. The molecule has 4 rings (SSSR count). The molecular weight excluding hydrogens is 325 g/mol. The summed E-state index contributed by atoms with van der Waals surface area (Å²) in [6.45, 7) is 3.81. The van der Waals surface area contributed by atoms with Crippen LogP contribution in [-0.2, 0) is 11.3 Å². The number of hydrogen-bond acceptors (Lipinski definition) is 6. The van der Waals surface area contributed by atoms with Gasteiger partial charge in [0.2, 0.25) is 11.9 Å². The van der Waals surface area contributed by atoms with Crippen molar-refractivity contribution in [2.45, 2.75) is 38.4 Å². The fraction of sp³-hybridized carbons (Fsp3) is 0.562. The smallest absolute Gasteiger partial charge is 0.225 e. The molecule has 4 heterocycles. The molecule has 3 atom stereocenters. The van der Waals surface area contributed by atoms with E-state index in [1.807, 2.05) is 4.90 Å². The van der Waals surface area contributed by atoms with Gasteiger partial charge >= 0.3 is 0 Å². The molecule has 0 unspecified atom stereocenters. The van der Waals surface area contributed by atoms with Gasteiger partial charge in [0, 0.05) is 26.1 Å². The van der Waals surface area contributed by atoms with Crippen molar-refractivity contribution < 1.29 is 9.18 Å². The van der Waals surface area contributed by atoms with Gasteiger partial charge in [-0.25, -0.2) is 19.3 Å². The summed E-state index contributed by atoms with van der Waals surface area (Å²) in [4.78, 5) is 28.5. The fourth-order valence-corrected chi connectivity index (χ4v) is 4.20. The molecular formula is C16H20FN7O. The second-order valence-corrected chi connectivity index (χ2v) is 6.70. The summed E-state index contributed by atoms with van der Waals surface area (Å²) in [7, 11) is 0. The number of amides is 1. The van der Waals surface area contributed by atoms with E-state index in [-0.39, 0.29) is 18.0 Å². The molecule has 0 saturated carbocycles. The van der Waals surface area contributed by atoms with Crippen molar-refractivity contribution in [3.8, 4) is 0 Å². The SMILES string of the molecule is CC(=O)N1[C@@H](Cn2cncn2)C[C@H]2CN(c3ncc(F)cn3)CC[C@H]21. The third-order valence-corrected chi connectivity index (χ3v) is 5.14. The number of carbonyl (C=O) groups excluding carboxylic acids is 1. The lowest BCUT2D eigenvalue weighted by atomic mass is 9.92. The maximum absolute atomic E-state index is 13.0. The van der Waals surface area contributed by atoms with Crippen LogP contribution < -0.4 is 4.90 Å². The highest BCUT2D eigenvalue weighted by molar-refractivity contribution is 5.74. The van der Waals surface area contributed by atoms with Crippen LogP contribution in [0.1, 0.15) is 19.8 Å². The van der Waals surface area contributed by atoms with Crippen LogP contribution in [0.4, 0.5) is 10.3 Å². The average Bonchev–Trinajstić information content (AvgIpc) is 3.22. The van der Waals surface area contributed by atoms with E-state index in [0.29, 0.717) is 18.4 Å². The molecule has 9 heteroatoms. The third kappa shape index (κ3) is 3.06. The Labute approximate surface area is 144 Å². The summed E-state index contributed by atoms with van der Waals surface area (Å²) in [5.41, 5.74) is 0. The Morgan fingerprint density at radius 2 is 2.16 bits per heavy atom. The van der Waals surface area contributed by atoms with Gasteiger partial charge in [0.25, 0.3) is 0 Å². The first-order valence-corrected chi connectivity index (χ1v) is 8.45. The van der Waals surface area contributed by atoms with E-state index >= 15 is 0 Å². The Hall–Kier alpha value is -2.58. The van der Waals surface area contributed by atoms with E-state index in [0.717, 1.165) is 25.9 Å². The topological polar surface area (TPSA) is 80.0 Å². The van der Waals surface area contributed by atoms with Crippen LogP contribution in [0, 0.1) is 11.7 Å². The Morgan fingerprint density at radius 3 is 2.84 bits per heavy atom. The normalized spacial score (nSPS) is 25.9. The first-order chi connectivity index (χ1) is 12.1. The second kappa shape index (κ2) is 6.38. The first-order valence-electron chi connectivity index (χ1n) is 8.45. The van der Waals surface area contributed by atoms with Gasteiger partial charge in [0.15, 0.2) is 5.82 Å². The predicted molar refractivity (Wildman–Crippen MR) is 87.0 cm³/mol. The molecule has 0 aliphatic carbocycles. The van der Waals surface area contributed by atoms with Crippen molar-refractivity contribution in [2.24, 2.45) is 5.92 Å². The zero-order chi connectivity index (χ0) is 17.4. The molecule has 8 nitrogen and oxygen atoms in total. The van der Waals surface area contributed by atoms with E-state index in [2.05, 4.69) is 25.0 Å². The van der Waals surface area contributed by atoms with Crippen molar-refractivity contribution in [3.05, 3.63) is 30.9 Å². The van der Waals surface area contributed by atoms with Gasteiger partial charge < -0.3 is 9.80 Å². The quantitative estimate of drug-likeness (QED) is 0.816. The Bertz CT molecular complexity index is 735. The van der Waals surface area contributed by atoms with E-state index in [1.165, 1.54) is 18.7 Å². The minimum absolute atomic E-state index is 0.101. The predicted octanol–water partition coefficient (Wildman–Crippen LogP) is 0.723. The zero-order valence-corrected chi connectivity index (χ0v) is 14.0. The molecule has 2 fully saturated rings. The monoisotopic (exact) mass is 345 g/mol. The van der Waals surface area contributed by atoms with Crippen molar-refractivity contribution >= 4 is 11.9 Å². The van der Waals surface area contributed by atoms with Gasteiger partial charge in [-0.15, -0.1) is 0 Å². The number of anilines is 1. The largest absolute Gasteiger partial charge is 0.340 e. The van der Waals surface area contributed by atoms with Gasteiger partial charge in [-0.3, -0.25) is 9.48 Å². The lowest BCUT2D eigenvalue weighted by Crippen LogP contribution is -2.49. The Balaban J connectivity index is 1.50. The standard InChI is InChI=1S/C16H20FN7O/c1-11(25)24-14(8-23-10-18-9-21-23)4-12-7-22(3-2-15(12)24)16-19-5-13(17)6-20-16/h5-6,9-10,12,14-15H,2-4,7-8H2,1H3/t12-,14+,15+/m0/s1. The molecule has 132 valence electrons. The van der Waals surface area contributed by atoms with Crippen molar-refractivity contribution in [2.75, 3.05) is 18.0 Å². The Kier molecular flexibility index (Phi) is 4.06. The number of carbonyl (C=O) groups is 1. The van der Waals surface area contributed by atoms with Crippen LogP contribution in [0.5, 0.6) is 0 Å². The summed E-state index contributed by atoms with van der Waals surface area (Å²) >= 11 is 0. The molecule has 2 saturated heterocycles. The number of rotatable bonds is 3. The molecule has 0 radical (unpaired) electrons. The minimum atomic E-state index is -0.435. The highest BCUT2D eigenvalue weighted by Crippen LogP contribution is 2.37. The fourth-order valence-electron chi connectivity index (χ4n) is 4.20. The van der Waals surface area contributed by atoms with E-state index < -0.39 is 5.82 Å². The highest BCUT2D eigenvalue weighted by atomic mass is 19.1. The molecule has 1 amide bonds. The van der Waals surface area contributed by atoms with Crippen LogP contribution in [0.25, 0.3) is 0 Å². The number of likely N-dealkylation sites (tertiary alicyclic amines) is 1. The lowest BCUT2D eigenvalue weighted by molar-refractivity contribution is -0.132. The number of halogens is 1. The molecule has 2 aromatic heterocycles. The molecule has 25 heavy (non-hydrogen) atoms. The molecule has 2 aliphatic heterocycles. The van der Waals surface area contributed by atoms with Gasteiger partial charge in [-0.05, 0) is 18.8 Å². The summed E-state index contributed by atoms with van der Waals surface area (Å²) in [6.07, 6.45) is 7.34. The van der Waals surface area contributed by atoms with Gasteiger partial charge in [-0.2, -0.15) is 5.10 Å². The molecule has 2 aliphatic rings. The number of fused-ring (bicyclic) bond motifs is 1.